The third kappa shape index (κ3) is 6.32. The molecule has 35 heavy (non-hydrogen) atoms. The fourth-order valence-corrected chi connectivity index (χ4v) is 4.85. The minimum absolute atomic E-state index is 0.157. The van der Waals surface area contributed by atoms with Crippen molar-refractivity contribution in [2.45, 2.75) is 24.0 Å². The monoisotopic (exact) mass is 500 g/mol. The number of halogens is 1. The fraction of sp³-hybridized carbons (Fsp3) is 0.103. The van der Waals surface area contributed by atoms with E-state index in [-0.39, 0.29) is 11.8 Å². The molecule has 176 valence electrons. The van der Waals surface area contributed by atoms with E-state index < -0.39 is 5.25 Å². The van der Waals surface area contributed by atoms with Gasteiger partial charge in [0.2, 0.25) is 5.91 Å². The highest BCUT2D eigenvalue weighted by atomic mass is 35.5. The van der Waals surface area contributed by atoms with Crippen molar-refractivity contribution >= 4 is 46.6 Å². The summed E-state index contributed by atoms with van der Waals surface area (Å²) >= 11 is 7.67. The molecule has 2 amide bonds. The molecular weight excluding hydrogens is 476 g/mol. The number of carbonyl (C=O) groups is 2. The molecule has 0 radical (unpaired) electrons. The van der Waals surface area contributed by atoms with Crippen molar-refractivity contribution in [1.29, 1.82) is 0 Å². The lowest BCUT2D eigenvalue weighted by atomic mass is 10.1. The van der Waals surface area contributed by atoms with Crippen LogP contribution in [0.1, 0.15) is 32.3 Å². The Morgan fingerprint density at radius 2 is 1.46 bits per heavy atom. The number of thioether (sulfide) groups is 1. The number of amides is 2. The zero-order valence-electron chi connectivity index (χ0n) is 19.4. The summed E-state index contributed by atoms with van der Waals surface area (Å²) in [6.07, 6.45) is 0. The lowest BCUT2D eigenvalue weighted by Crippen LogP contribution is -2.19. The van der Waals surface area contributed by atoms with Gasteiger partial charge in [-0.3, -0.25) is 9.59 Å². The lowest BCUT2D eigenvalue weighted by molar-refractivity contribution is -0.115. The van der Waals surface area contributed by atoms with Crippen LogP contribution in [0.25, 0.3) is 0 Å². The molecule has 1 unspecified atom stereocenters. The first-order valence-corrected chi connectivity index (χ1v) is 12.4. The van der Waals surface area contributed by atoms with E-state index in [0.717, 1.165) is 21.6 Å². The van der Waals surface area contributed by atoms with Crippen LogP contribution in [0, 0.1) is 13.8 Å². The predicted molar refractivity (Wildman–Crippen MR) is 145 cm³/mol. The Hall–Kier alpha value is -3.54. The van der Waals surface area contributed by atoms with Crippen LogP contribution in [-0.2, 0) is 4.79 Å². The van der Waals surface area contributed by atoms with Gasteiger partial charge in [-0.1, -0.05) is 72.3 Å². The van der Waals surface area contributed by atoms with E-state index in [1.54, 1.807) is 12.1 Å². The Bertz CT molecular complexity index is 1360. The molecule has 0 fully saturated rings. The number of rotatable bonds is 7. The van der Waals surface area contributed by atoms with Crippen molar-refractivity contribution in [3.63, 3.8) is 0 Å². The highest BCUT2D eigenvalue weighted by molar-refractivity contribution is 8.00. The molecule has 2 N–H and O–H groups in total. The number of aryl methyl sites for hydroxylation is 2. The van der Waals surface area contributed by atoms with Gasteiger partial charge in [-0.15, -0.1) is 11.8 Å². The maximum Gasteiger partial charge on any atom is 0.255 e. The second-order valence-corrected chi connectivity index (χ2v) is 9.74. The molecule has 0 spiro atoms. The summed E-state index contributed by atoms with van der Waals surface area (Å²) < 4.78 is 0. The van der Waals surface area contributed by atoms with Crippen LogP contribution in [0.2, 0.25) is 5.02 Å². The zero-order valence-corrected chi connectivity index (χ0v) is 21.0. The number of anilines is 2. The first-order chi connectivity index (χ1) is 16.9. The Balaban J connectivity index is 1.55. The highest BCUT2D eigenvalue weighted by Gasteiger charge is 2.23. The van der Waals surface area contributed by atoms with E-state index in [1.807, 2.05) is 98.8 Å². The first kappa shape index (κ1) is 24.6. The molecule has 4 nitrogen and oxygen atoms in total. The van der Waals surface area contributed by atoms with Crippen molar-refractivity contribution in [2.75, 3.05) is 10.6 Å². The quantitative estimate of drug-likeness (QED) is 0.256. The van der Waals surface area contributed by atoms with Gasteiger partial charge in [0.15, 0.2) is 0 Å². The summed E-state index contributed by atoms with van der Waals surface area (Å²) in [6, 6.07) is 30.1. The summed E-state index contributed by atoms with van der Waals surface area (Å²) in [5, 5.41) is 6.05. The van der Waals surface area contributed by atoms with E-state index in [2.05, 4.69) is 10.6 Å². The van der Waals surface area contributed by atoms with E-state index in [0.29, 0.717) is 22.0 Å². The van der Waals surface area contributed by atoms with Crippen LogP contribution in [0.4, 0.5) is 11.4 Å². The summed E-state index contributed by atoms with van der Waals surface area (Å²) in [5.41, 5.74) is 4.68. The number of nitrogens with one attached hydrogen (secondary N) is 2. The maximum atomic E-state index is 13.4. The van der Waals surface area contributed by atoms with Crippen LogP contribution in [0.3, 0.4) is 0 Å². The number of hydrogen-bond donors (Lipinski definition) is 2. The van der Waals surface area contributed by atoms with Crippen LogP contribution in [0.5, 0.6) is 0 Å². The van der Waals surface area contributed by atoms with Gasteiger partial charge in [-0.25, -0.2) is 0 Å². The Morgan fingerprint density at radius 1 is 0.743 bits per heavy atom. The van der Waals surface area contributed by atoms with Gasteiger partial charge in [0.25, 0.3) is 5.91 Å². The molecule has 0 heterocycles. The second-order valence-electron chi connectivity index (χ2n) is 8.16. The molecule has 0 saturated heterocycles. The Morgan fingerprint density at radius 3 is 2.20 bits per heavy atom. The lowest BCUT2D eigenvalue weighted by Gasteiger charge is -2.18. The molecular formula is C29H25ClN2O2S. The average molecular weight is 501 g/mol. The van der Waals surface area contributed by atoms with Gasteiger partial charge in [0.1, 0.15) is 5.25 Å². The second kappa shape index (κ2) is 11.3. The summed E-state index contributed by atoms with van der Waals surface area (Å²) in [6.45, 7) is 3.83. The predicted octanol–water partition coefficient (Wildman–Crippen LogP) is 7.68. The Labute approximate surface area is 214 Å². The third-order valence-electron chi connectivity index (χ3n) is 5.52. The molecule has 1 atom stereocenters. The van der Waals surface area contributed by atoms with Crippen molar-refractivity contribution in [3.05, 3.63) is 124 Å². The molecule has 0 saturated carbocycles. The van der Waals surface area contributed by atoms with E-state index in [9.17, 15) is 9.59 Å². The largest absolute Gasteiger partial charge is 0.325 e. The van der Waals surface area contributed by atoms with E-state index in [1.165, 1.54) is 11.8 Å². The molecule has 4 rings (SSSR count). The van der Waals surface area contributed by atoms with Gasteiger partial charge >= 0.3 is 0 Å². The fourth-order valence-electron chi connectivity index (χ4n) is 3.59. The molecule has 0 aliphatic carbocycles. The van der Waals surface area contributed by atoms with Crippen LogP contribution in [-0.4, -0.2) is 11.8 Å². The molecule has 6 heteroatoms. The summed E-state index contributed by atoms with van der Waals surface area (Å²) in [7, 11) is 0. The van der Waals surface area contributed by atoms with Crippen molar-refractivity contribution in [2.24, 2.45) is 0 Å². The van der Waals surface area contributed by atoms with Gasteiger partial charge in [0, 0.05) is 26.9 Å². The zero-order chi connectivity index (χ0) is 24.8. The smallest absolute Gasteiger partial charge is 0.255 e. The number of carbonyl (C=O) groups excluding carboxylic acids is 2. The molecule has 0 aliphatic heterocycles. The van der Waals surface area contributed by atoms with Crippen molar-refractivity contribution < 1.29 is 9.59 Å². The standard InChI is InChI=1S/C29H25ClN2O2S/c1-19-9-6-7-14-25(19)28(33)31-22-12-8-13-24(17-22)35-27(21-10-4-3-5-11-21)29(34)32-23-16-15-20(2)26(30)18-23/h3-18,27H,1-2H3,(H,31,33)(H,32,34). The molecule has 4 aromatic carbocycles. The summed E-state index contributed by atoms with van der Waals surface area (Å²) in [5.74, 6) is -0.325. The van der Waals surface area contributed by atoms with Crippen molar-refractivity contribution in [3.8, 4) is 0 Å². The highest BCUT2D eigenvalue weighted by Crippen LogP contribution is 2.37. The maximum absolute atomic E-state index is 13.4. The van der Waals surface area contributed by atoms with Gasteiger partial charge < -0.3 is 10.6 Å². The van der Waals surface area contributed by atoms with Crippen LogP contribution >= 0.6 is 23.4 Å². The normalized spacial score (nSPS) is 11.5. The first-order valence-electron chi connectivity index (χ1n) is 11.2. The molecule has 0 aromatic heterocycles. The van der Waals surface area contributed by atoms with E-state index in [4.69, 9.17) is 11.6 Å². The minimum atomic E-state index is -0.501. The number of hydrogen-bond acceptors (Lipinski definition) is 3. The molecule has 4 aromatic rings. The van der Waals surface area contributed by atoms with Crippen molar-refractivity contribution in [1.82, 2.24) is 0 Å². The number of benzene rings is 4. The van der Waals surface area contributed by atoms with Crippen LogP contribution in [0.15, 0.2) is 102 Å². The van der Waals surface area contributed by atoms with Gasteiger partial charge in [-0.2, -0.15) is 0 Å². The van der Waals surface area contributed by atoms with Crippen LogP contribution < -0.4 is 10.6 Å². The third-order valence-corrected chi connectivity index (χ3v) is 7.17. The molecule has 0 aliphatic rings. The minimum Gasteiger partial charge on any atom is -0.325 e. The summed E-state index contributed by atoms with van der Waals surface area (Å²) in [4.78, 5) is 27.0. The topological polar surface area (TPSA) is 58.2 Å². The Kier molecular flexibility index (Phi) is 7.91. The van der Waals surface area contributed by atoms with E-state index >= 15 is 0 Å². The van der Waals surface area contributed by atoms with Gasteiger partial charge in [0.05, 0.1) is 0 Å². The average Bonchev–Trinajstić information content (AvgIpc) is 2.86. The molecule has 0 bridgehead atoms. The SMILES string of the molecule is Cc1ccc(NC(=O)C(Sc2cccc(NC(=O)c3ccccc3C)c2)c2ccccc2)cc1Cl. The van der Waals surface area contributed by atoms with Gasteiger partial charge in [-0.05, 0) is 66.9 Å².